The number of carbonyl (C=O) groups is 1. The summed E-state index contributed by atoms with van der Waals surface area (Å²) in [6.07, 6.45) is 0. The first-order valence-corrected chi connectivity index (χ1v) is 6.95. The molecule has 0 aliphatic rings. The van der Waals surface area contributed by atoms with E-state index in [-0.39, 0.29) is 0 Å². The van der Waals surface area contributed by atoms with E-state index in [1.165, 1.54) is 0 Å². The zero-order chi connectivity index (χ0) is 14.8. The van der Waals surface area contributed by atoms with Gasteiger partial charge < -0.3 is 10.3 Å². The fourth-order valence-corrected chi connectivity index (χ4v) is 2.49. The Morgan fingerprint density at radius 2 is 1.90 bits per heavy atom. The number of para-hydroxylation sites is 2. The van der Waals surface area contributed by atoms with Crippen molar-refractivity contribution in [2.45, 2.75) is 6.54 Å². The van der Waals surface area contributed by atoms with Gasteiger partial charge in [-0.1, -0.05) is 36.5 Å². The maximum atomic E-state index is 11.1. The summed E-state index contributed by atoms with van der Waals surface area (Å²) in [6.45, 7) is 0.641. The van der Waals surface area contributed by atoms with Gasteiger partial charge in [0.05, 0.1) is 11.0 Å². The topological polar surface area (TPSA) is 60.9 Å². The van der Waals surface area contributed by atoms with Crippen LogP contribution >= 0.6 is 12.2 Å². The Kier molecular flexibility index (Phi) is 3.50. The van der Waals surface area contributed by atoms with E-state index in [2.05, 4.69) is 9.55 Å². The number of hydrogen-bond acceptors (Lipinski definition) is 3. The summed E-state index contributed by atoms with van der Waals surface area (Å²) in [7, 11) is 0. The van der Waals surface area contributed by atoms with Crippen LogP contribution in [0.3, 0.4) is 0 Å². The maximum Gasteiger partial charge on any atom is 0.248 e. The molecule has 0 fully saturated rings. The van der Waals surface area contributed by atoms with Crippen molar-refractivity contribution in [2.75, 3.05) is 0 Å². The van der Waals surface area contributed by atoms with E-state index in [1.54, 1.807) is 17.5 Å². The van der Waals surface area contributed by atoms with Gasteiger partial charge in [0.15, 0.2) is 0 Å². The highest BCUT2D eigenvalue weighted by atomic mass is 32.1. The largest absolute Gasteiger partial charge is 0.366 e. The summed E-state index contributed by atoms with van der Waals surface area (Å²) >= 11 is 5.05. The summed E-state index contributed by atoms with van der Waals surface area (Å²) < 4.78 is 2.06. The maximum absolute atomic E-state index is 11.1. The SMILES string of the molecule is NC(=O)c1ccc(Cn2c(C=S)nc3ccccc32)cc1. The number of fused-ring (bicyclic) bond motifs is 1. The number of nitrogens with zero attached hydrogens (tertiary/aromatic N) is 2. The lowest BCUT2D eigenvalue weighted by Crippen LogP contribution is -2.11. The molecule has 0 spiro atoms. The van der Waals surface area contributed by atoms with Crippen molar-refractivity contribution in [1.29, 1.82) is 0 Å². The Morgan fingerprint density at radius 1 is 1.19 bits per heavy atom. The van der Waals surface area contributed by atoms with Crippen LogP contribution < -0.4 is 5.73 Å². The molecule has 3 rings (SSSR count). The van der Waals surface area contributed by atoms with Gasteiger partial charge in [-0.15, -0.1) is 0 Å². The van der Waals surface area contributed by atoms with Gasteiger partial charge in [-0.25, -0.2) is 4.98 Å². The monoisotopic (exact) mass is 295 g/mol. The molecule has 1 aromatic heterocycles. The number of hydrogen-bond donors (Lipinski definition) is 1. The number of primary amides is 1. The number of rotatable bonds is 4. The third-order valence-corrected chi connectivity index (χ3v) is 3.58. The van der Waals surface area contributed by atoms with Gasteiger partial charge in [0, 0.05) is 17.5 Å². The van der Waals surface area contributed by atoms with Crippen LogP contribution in [0.5, 0.6) is 0 Å². The predicted molar refractivity (Wildman–Crippen MR) is 86.6 cm³/mol. The van der Waals surface area contributed by atoms with E-state index in [0.29, 0.717) is 12.1 Å². The quantitative estimate of drug-likeness (QED) is 0.752. The molecule has 5 heteroatoms. The molecule has 0 aliphatic heterocycles. The number of benzene rings is 2. The van der Waals surface area contributed by atoms with Crippen LogP contribution in [0.2, 0.25) is 0 Å². The van der Waals surface area contributed by atoms with E-state index in [1.807, 2.05) is 36.4 Å². The van der Waals surface area contributed by atoms with Crippen LogP contribution in [0, 0.1) is 0 Å². The molecule has 21 heavy (non-hydrogen) atoms. The molecule has 0 radical (unpaired) electrons. The van der Waals surface area contributed by atoms with Gasteiger partial charge in [-0.05, 0) is 29.8 Å². The molecule has 0 unspecified atom stereocenters. The van der Waals surface area contributed by atoms with Crippen LogP contribution in [-0.2, 0) is 6.54 Å². The Bertz CT molecular complexity index is 821. The number of aromatic nitrogens is 2. The second-order valence-corrected chi connectivity index (χ2v) is 4.96. The summed E-state index contributed by atoms with van der Waals surface area (Å²) in [5, 5.41) is 1.58. The van der Waals surface area contributed by atoms with E-state index in [0.717, 1.165) is 22.4 Å². The predicted octanol–water partition coefficient (Wildman–Crippen LogP) is 2.53. The third-order valence-electron chi connectivity index (χ3n) is 3.37. The molecule has 4 nitrogen and oxygen atoms in total. The van der Waals surface area contributed by atoms with Gasteiger partial charge >= 0.3 is 0 Å². The van der Waals surface area contributed by atoms with Crippen LogP contribution in [0.15, 0.2) is 48.5 Å². The summed E-state index contributed by atoms with van der Waals surface area (Å²) in [5.41, 5.74) is 8.76. The lowest BCUT2D eigenvalue weighted by atomic mass is 10.1. The minimum atomic E-state index is -0.422. The Hall–Kier alpha value is -2.53. The molecule has 1 amide bonds. The average Bonchev–Trinajstić information content (AvgIpc) is 2.86. The van der Waals surface area contributed by atoms with Crippen molar-refractivity contribution >= 4 is 34.5 Å². The molecule has 0 aliphatic carbocycles. The Balaban J connectivity index is 2.01. The van der Waals surface area contributed by atoms with Gasteiger partial charge in [0.25, 0.3) is 0 Å². The zero-order valence-electron chi connectivity index (χ0n) is 11.2. The van der Waals surface area contributed by atoms with E-state index in [9.17, 15) is 4.79 Å². The van der Waals surface area contributed by atoms with Gasteiger partial charge in [0.1, 0.15) is 5.82 Å². The van der Waals surface area contributed by atoms with Gasteiger partial charge in [-0.3, -0.25) is 4.79 Å². The average molecular weight is 295 g/mol. The molecule has 104 valence electrons. The molecular formula is C16H13N3OS. The minimum Gasteiger partial charge on any atom is -0.366 e. The summed E-state index contributed by atoms with van der Waals surface area (Å²) in [5.74, 6) is 0.333. The molecule has 3 aromatic rings. The number of carbonyl (C=O) groups excluding carboxylic acids is 1. The lowest BCUT2D eigenvalue weighted by Gasteiger charge is -2.07. The fraction of sp³-hybridized carbons (Fsp3) is 0.0625. The smallest absolute Gasteiger partial charge is 0.248 e. The number of nitrogens with two attached hydrogens (primary N) is 1. The molecule has 2 aromatic carbocycles. The molecule has 0 bridgehead atoms. The van der Waals surface area contributed by atoms with Crippen molar-refractivity contribution in [1.82, 2.24) is 9.55 Å². The van der Waals surface area contributed by atoms with Crippen molar-refractivity contribution in [3.05, 3.63) is 65.5 Å². The Labute approximate surface area is 127 Å². The first-order valence-electron chi connectivity index (χ1n) is 6.48. The summed E-state index contributed by atoms with van der Waals surface area (Å²) in [6, 6.07) is 15.1. The van der Waals surface area contributed by atoms with Crippen LogP contribution in [0.1, 0.15) is 21.7 Å². The molecule has 0 atom stereocenters. The highest BCUT2D eigenvalue weighted by Crippen LogP contribution is 2.17. The minimum absolute atomic E-state index is 0.422. The summed E-state index contributed by atoms with van der Waals surface area (Å²) in [4.78, 5) is 15.6. The second-order valence-electron chi connectivity index (χ2n) is 4.72. The van der Waals surface area contributed by atoms with Crippen molar-refractivity contribution in [3.63, 3.8) is 0 Å². The number of amides is 1. The zero-order valence-corrected chi connectivity index (χ0v) is 12.0. The van der Waals surface area contributed by atoms with Crippen molar-refractivity contribution in [3.8, 4) is 0 Å². The van der Waals surface area contributed by atoms with Crippen molar-refractivity contribution in [2.24, 2.45) is 5.73 Å². The molecule has 2 N–H and O–H groups in total. The van der Waals surface area contributed by atoms with Crippen LogP contribution in [-0.4, -0.2) is 20.8 Å². The highest BCUT2D eigenvalue weighted by molar-refractivity contribution is 7.79. The van der Waals surface area contributed by atoms with E-state index in [4.69, 9.17) is 18.0 Å². The van der Waals surface area contributed by atoms with Gasteiger partial charge in [0.2, 0.25) is 5.91 Å². The highest BCUT2D eigenvalue weighted by Gasteiger charge is 2.09. The van der Waals surface area contributed by atoms with Gasteiger partial charge in [-0.2, -0.15) is 0 Å². The molecular weight excluding hydrogens is 282 g/mol. The molecule has 0 saturated heterocycles. The lowest BCUT2D eigenvalue weighted by molar-refractivity contribution is 0.100. The van der Waals surface area contributed by atoms with E-state index < -0.39 is 5.91 Å². The first kappa shape index (κ1) is 13.5. The van der Waals surface area contributed by atoms with Crippen molar-refractivity contribution < 1.29 is 4.79 Å². The number of thiocarbonyl (C=S) groups is 1. The third kappa shape index (κ3) is 2.55. The normalized spacial score (nSPS) is 10.7. The van der Waals surface area contributed by atoms with E-state index >= 15 is 0 Å². The second kappa shape index (κ2) is 5.46. The standard InChI is InChI=1S/C16H13N3OS/c17-16(20)12-7-5-11(6-8-12)9-19-14-4-2-1-3-13(14)18-15(19)10-21/h1-8,10H,9H2,(H2,17,20). The van der Waals surface area contributed by atoms with Crippen LogP contribution in [0.25, 0.3) is 11.0 Å². The number of imidazole rings is 1. The molecule has 1 heterocycles. The Morgan fingerprint density at radius 3 is 2.57 bits per heavy atom. The molecule has 0 saturated carbocycles. The van der Waals surface area contributed by atoms with Crippen LogP contribution in [0.4, 0.5) is 0 Å². The fourth-order valence-electron chi connectivity index (χ4n) is 2.31. The first-order chi connectivity index (χ1) is 10.2.